The summed E-state index contributed by atoms with van der Waals surface area (Å²) in [7, 11) is 0. The fourth-order valence-corrected chi connectivity index (χ4v) is 4.37. The zero-order valence-corrected chi connectivity index (χ0v) is 19.1. The van der Waals surface area contributed by atoms with Gasteiger partial charge in [-0.05, 0) is 48.7 Å². The molecule has 0 N–H and O–H groups in total. The van der Waals surface area contributed by atoms with Crippen LogP contribution in [0.4, 0.5) is 5.69 Å². The highest BCUT2D eigenvalue weighted by Crippen LogP contribution is 2.33. The Morgan fingerprint density at radius 3 is 2.25 bits per heavy atom. The Morgan fingerprint density at radius 2 is 1.59 bits per heavy atom. The minimum atomic E-state index is -0.469. The third kappa shape index (κ3) is 4.31. The highest BCUT2D eigenvalue weighted by atomic mass is 16.5. The predicted octanol–water partition coefficient (Wildman–Crippen LogP) is 5.59. The summed E-state index contributed by atoms with van der Waals surface area (Å²) < 4.78 is 5.64. The third-order valence-electron chi connectivity index (χ3n) is 6.39. The number of hydrogen-bond donors (Lipinski definition) is 0. The van der Waals surface area contributed by atoms with Gasteiger partial charge in [-0.25, -0.2) is 0 Å². The van der Waals surface area contributed by atoms with Crippen molar-refractivity contribution >= 4 is 17.6 Å². The van der Waals surface area contributed by atoms with Crippen LogP contribution in [0.2, 0.25) is 0 Å². The average Bonchev–Trinajstić information content (AvgIpc) is 3.16. The molecule has 0 spiro atoms. The molecule has 1 saturated heterocycles. The predicted molar refractivity (Wildman–Crippen MR) is 127 cm³/mol. The maximum atomic E-state index is 12.8. The molecule has 32 heavy (non-hydrogen) atoms. The maximum absolute atomic E-state index is 12.8. The van der Waals surface area contributed by atoms with Crippen LogP contribution in [-0.4, -0.2) is 18.4 Å². The topological polar surface area (TPSA) is 46.6 Å². The molecule has 4 nitrogen and oxygen atoms in total. The third-order valence-corrected chi connectivity index (χ3v) is 6.39. The lowest BCUT2D eigenvalue weighted by Crippen LogP contribution is -2.27. The number of nitrogens with zero attached hydrogens (tertiary/aromatic N) is 1. The van der Waals surface area contributed by atoms with Gasteiger partial charge in [0.2, 0.25) is 5.91 Å². The molecule has 1 heterocycles. The highest BCUT2D eigenvalue weighted by molar-refractivity contribution is 6.00. The van der Waals surface area contributed by atoms with Crippen LogP contribution in [0.15, 0.2) is 72.8 Å². The second-order valence-corrected chi connectivity index (χ2v) is 9.13. The van der Waals surface area contributed by atoms with E-state index in [1.54, 1.807) is 4.90 Å². The number of aryl methyl sites for hydroxylation is 2. The second-order valence-electron chi connectivity index (χ2n) is 9.13. The van der Waals surface area contributed by atoms with E-state index in [1.807, 2.05) is 74.5 Å². The Balaban J connectivity index is 1.44. The number of carbonyl (C=O) groups excluding carboxylic acids is 2. The van der Waals surface area contributed by atoms with Gasteiger partial charge in [-0.1, -0.05) is 74.0 Å². The number of amides is 1. The molecule has 4 heteroatoms. The Kier molecular flexibility index (Phi) is 5.88. The Morgan fingerprint density at radius 1 is 0.938 bits per heavy atom. The van der Waals surface area contributed by atoms with Gasteiger partial charge in [-0.15, -0.1) is 0 Å². The van der Waals surface area contributed by atoms with Crippen LogP contribution in [-0.2, 0) is 15.0 Å². The molecule has 3 aromatic carbocycles. The molecule has 1 fully saturated rings. The minimum absolute atomic E-state index is 0.0427. The summed E-state index contributed by atoms with van der Waals surface area (Å²) >= 11 is 0. The molecular weight excluding hydrogens is 398 g/mol. The highest BCUT2D eigenvalue weighted by Gasteiger charge is 2.37. The zero-order chi connectivity index (χ0) is 22.9. The lowest BCUT2D eigenvalue weighted by molar-refractivity contribution is -0.139. The molecule has 0 aromatic heterocycles. The molecule has 0 radical (unpaired) electrons. The number of ether oxygens (including phenoxy) is 1. The monoisotopic (exact) mass is 427 g/mol. The zero-order valence-electron chi connectivity index (χ0n) is 19.1. The van der Waals surface area contributed by atoms with Crippen molar-refractivity contribution in [1.29, 1.82) is 0 Å². The number of esters is 1. The number of benzene rings is 3. The lowest BCUT2D eigenvalue weighted by Gasteiger charge is -2.26. The Bertz CT molecular complexity index is 1130. The number of rotatable bonds is 5. The summed E-state index contributed by atoms with van der Waals surface area (Å²) in [4.78, 5) is 27.1. The van der Waals surface area contributed by atoms with E-state index in [-0.39, 0.29) is 23.7 Å². The van der Waals surface area contributed by atoms with Gasteiger partial charge in [0.05, 0.1) is 5.92 Å². The molecule has 1 aliphatic heterocycles. The first-order valence-electron chi connectivity index (χ1n) is 11.0. The first kappa shape index (κ1) is 21.8. The van der Waals surface area contributed by atoms with E-state index in [1.165, 1.54) is 5.56 Å². The van der Waals surface area contributed by atoms with Crippen LogP contribution in [0.3, 0.4) is 0 Å². The van der Waals surface area contributed by atoms with E-state index >= 15 is 0 Å². The first-order valence-corrected chi connectivity index (χ1v) is 11.0. The molecule has 0 aliphatic carbocycles. The lowest BCUT2D eigenvalue weighted by atomic mass is 9.78. The Labute approximate surface area is 189 Å². The molecule has 0 bridgehead atoms. The van der Waals surface area contributed by atoms with E-state index in [2.05, 4.69) is 26.0 Å². The van der Waals surface area contributed by atoms with Crippen molar-refractivity contribution in [1.82, 2.24) is 0 Å². The minimum Gasteiger partial charge on any atom is -0.426 e. The van der Waals surface area contributed by atoms with Crippen molar-refractivity contribution in [2.75, 3.05) is 11.4 Å². The van der Waals surface area contributed by atoms with Crippen LogP contribution in [0, 0.1) is 19.8 Å². The Hall–Kier alpha value is -3.40. The average molecular weight is 428 g/mol. The molecule has 164 valence electrons. The van der Waals surface area contributed by atoms with Crippen LogP contribution >= 0.6 is 0 Å². The van der Waals surface area contributed by atoms with E-state index < -0.39 is 5.92 Å². The van der Waals surface area contributed by atoms with Crippen molar-refractivity contribution in [2.24, 2.45) is 5.92 Å². The number of anilines is 1. The van der Waals surface area contributed by atoms with Gasteiger partial charge in [0.15, 0.2) is 0 Å². The molecule has 0 saturated carbocycles. The van der Waals surface area contributed by atoms with E-state index in [4.69, 9.17) is 4.74 Å². The smallest absolute Gasteiger partial charge is 0.316 e. The molecule has 1 atom stereocenters. The van der Waals surface area contributed by atoms with Gasteiger partial charge in [0.1, 0.15) is 5.75 Å². The summed E-state index contributed by atoms with van der Waals surface area (Å²) in [6, 6.07) is 24.0. The normalized spacial score (nSPS) is 16.3. The molecule has 1 aliphatic rings. The summed E-state index contributed by atoms with van der Waals surface area (Å²) in [5.74, 6) is -0.372. The maximum Gasteiger partial charge on any atom is 0.316 e. The van der Waals surface area contributed by atoms with Crippen LogP contribution < -0.4 is 9.64 Å². The summed E-state index contributed by atoms with van der Waals surface area (Å²) in [6.07, 6.45) is 0.172. The molecule has 3 aromatic rings. The second kappa shape index (κ2) is 8.62. The van der Waals surface area contributed by atoms with Gasteiger partial charge in [-0.2, -0.15) is 0 Å². The van der Waals surface area contributed by atoms with E-state index in [9.17, 15) is 9.59 Å². The van der Waals surface area contributed by atoms with Crippen molar-refractivity contribution < 1.29 is 14.3 Å². The fraction of sp³-hybridized carbons (Fsp3) is 0.286. The molecular formula is C28H29NO3. The largest absolute Gasteiger partial charge is 0.426 e. The van der Waals surface area contributed by atoms with E-state index in [0.717, 1.165) is 22.4 Å². The van der Waals surface area contributed by atoms with Crippen molar-refractivity contribution in [3.8, 4) is 5.75 Å². The van der Waals surface area contributed by atoms with Crippen LogP contribution in [0.5, 0.6) is 5.75 Å². The van der Waals surface area contributed by atoms with E-state index in [0.29, 0.717) is 12.3 Å². The quantitative estimate of drug-likeness (QED) is 0.394. The standard InChI is InChI=1S/C28H29NO3/c1-19-10-15-25(20(2)16-19)29-18-21(17-26(29)30)27(31)32-24-13-11-23(12-14-24)28(3,4)22-8-6-5-7-9-22/h5-16,21H,17-18H2,1-4H3/t21-/m0/s1. The van der Waals surface area contributed by atoms with Gasteiger partial charge < -0.3 is 9.64 Å². The fourth-order valence-electron chi connectivity index (χ4n) is 4.37. The summed E-state index contributed by atoms with van der Waals surface area (Å²) in [6.45, 7) is 8.71. The molecule has 4 rings (SSSR count). The molecule has 1 amide bonds. The van der Waals surface area contributed by atoms with Gasteiger partial charge in [-0.3, -0.25) is 9.59 Å². The van der Waals surface area contributed by atoms with Gasteiger partial charge in [0.25, 0.3) is 0 Å². The van der Waals surface area contributed by atoms with Crippen LogP contribution in [0.25, 0.3) is 0 Å². The SMILES string of the molecule is Cc1ccc(N2C[C@@H](C(=O)Oc3ccc(C(C)(C)c4ccccc4)cc3)CC2=O)c(C)c1. The van der Waals surface area contributed by atoms with Gasteiger partial charge >= 0.3 is 5.97 Å². The first-order chi connectivity index (χ1) is 15.3. The van der Waals surface area contributed by atoms with Crippen LogP contribution in [0.1, 0.15) is 42.5 Å². The summed E-state index contributed by atoms with van der Waals surface area (Å²) in [5, 5.41) is 0. The summed E-state index contributed by atoms with van der Waals surface area (Å²) in [5.41, 5.74) is 5.25. The molecule has 0 unspecified atom stereocenters. The van der Waals surface area contributed by atoms with Gasteiger partial charge in [0, 0.05) is 24.1 Å². The van der Waals surface area contributed by atoms with Crippen molar-refractivity contribution in [2.45, 2.75) is 39.5 Å². The number of hydrogen-bond acceptors (Lipinski definition) is 3. The van der Waals surface area contributed by atoms with Crippen molar-refractivity contribution in [3.05, 3.63) is 95.1 Å². The van der Waals surface area contributed by atoms with Crippen molar-refractivity contribution in [3.63, 3.8) is 0 Å². The number of carbonyl (C=O) groups is 2.